The summed E-state index contributed by atoms with van der Waals surface area (Å²) >= 11 is 0. The number of hydrogen-bond donors (Lipinski definition) is 1. The van der Waals surface area contributed by atoms with Gasteiger partial charge in [-0.15, -0.1) is 0 Å². The van der Waals surface area contributed by atoms with Crippen molar-refractivity contribution in [1.29, 1.82) is 0 Å². The molecular formula is C3HN3O4. The van der Waals surface area contributed by atoms with E-state index in [1.807, 2.05) is 4.98 Å². The summed E-state index contributed by atoms with van der Waals surface area (Å²) in [5.41, 5.74) is -2.45. The lowest BCUT2D eigenvalue weighted by Crippen LogP contribution is -2.49. The first-order valence-electron chi connectivity index (χ1n) is 2.37. The van der Waals surface area contributed by atoms with Crippen molar-refractivity contribution in [2.45, 2.75) is 0 Å². The Bertz CT molecular complexity index is 443. The highest BCUT2D eigenvalue weighted by molar-refractivity contribution is 4.68. The third kappa shape index (κ3) is 0.342. The van der Waals surface area contributed by atoms with Crippen molar-refractivity contribution in [2.75, 3.05) is 0 Å². The lowest BCUT2D eigenvalue weighted by Gasteiger charge is -1.97. The Kier molecular flexibility index (Phi) is 0.605. The maximum absolute atomic E-state index is 10.5. The van der Waals surface area contributed by atoms with E-state index in [-0.39, 0.29) is 0 Å². The molecule has 0 aliphatic heterocycles. The summed E-state index contributed by atoms with van der Waals surface area (Å²) in [5, 5.41) is 0. The van der Waals surface area contributed by atoms with Gasteiger partial charge in [0.2, 0.25) is 0 Å². The number of nitrogens with zero attached hydrogens (tertiary/aromatic N) is 2. The van der Waals surface area contributed by atoms with Crippen molar-refractivity contribution in [2.24, 2.45) is 0 Å². The molecule has 1 N–H and O–H groups in total. The number of H-pyrrole nitrogens is 1. The molecule has 3 aromatic rings. The number of rotatable bonds is 0. The molecule has 52 valence electrons. The maximum Gasteiger partial charge on any atom is 0.408 e. The number of fused-ring (bicyclic) bond motifs is 2. The molecule has 0 aromatic carbocycles. The van der Waals surface area contributed by atoms with Crippen LogP contribution >= 0.6 is 0 Å². The summed E-state index contributed by atoms with van der Waals surface area (Å²) in [6, 6.07) is 0. The van der Waals surface area contributed by atoms with Gasteiger partial charge in [0.15, 0.2) is 0 Å². The van der Waals surface area contributed by atoms with Crippen molar-refractivity contribution in [3.8, 4) is 0 Å². The molecule has 0 saturated heterocycles. The molecule has 0 atom stereocenters. The smallest absolute Gasteiger partial charge is 0.263 e. The normalized spacial score (nSPS) is 11.2. The maximum atomic E-state index is 10.5. The molecule has 7 heteroatoms. The van der Waals surface area contributed by atoms with Crippen molar-refractivity contribution in [3.05, 3.63) is 31.5 Å². The quantitative estimate of drug-likeness (QED) is 0.440. The van der Waals surface area contributed by atoms with E-state index in [1.54, 1.807) is 0 Å². The number of nitrogens with one attached hydrogen (secondary N) is 1. The highest BCUT2D eigenvalue weighted by atomic mass is 16.6. The molecule has 0 fully saturated rings. The third-order valence-corrected chi connectivity index (χ3v) is 1.09. The number of aromatic amines is 1. The zero-order chi connectivity index (χ0) is 7.30. The molecule has 0 aliphatic carbocycles. The van der Waals surface area contributed by atoms with E-state index in [1.165, 1.54) is 0 Å². The predicted octanol–water partition coefficient (Wildman–Crippen LogP) is -2.52. The molecule has 0 unspecified atom stereocenters. The Hall–Kier alpha value is -1.79. The van der Waals surface area contributed by atoms with Crippen molar-refractivity contribution >= 4 is 0 Å². The first kappa shape index (κ1) is 5.03. The Balaban J connectivity index is 3.31. The fraction of sp³-hybridized carbons (Fsp3) is 0. The molecular weight excluding hydrogens is 142 g/mol. The fourth-order valence-electron chi connectivity index (χ4n) is 0.642. The molecule has 0 saturated carbocycles. The average Bonchev–Trinajstić information content (AvgIpc) is 1.83. The van der Waals surface area contributed by atoms with E-state index in [4.69, 9.17) is 0 Å². The lowest BCUT2D eigenvalue weighted by molar-refractivity contribution is 0.0933. The topological polar surface area (TPSA) is 89.0 Å². The molecule has 0 radical (unpaired) electrons. The first-order valence-corrected chi connectivity index (χ1v) is 2.37. The minimum absolute atomic E-state index is 0.446. The highest BCUT2D eigenvalue weighted by Gasteiger charge is 2.11. The van der Waals surface area contributed by atoms with E-state index in [2.05, 4.69) is 4.63 Å². The van der Waals surface area contributed by atoms with Gasteiger partial charge in [0.25, 0.3) is 0 Å². The second kappa shape index (κ2) is 1.20. The van der Waals surface area contributed by atoms with Crippen LogP contribution in [0.2, 0.25) is 0 Å². The van der Waals surface area contributed by atoms with E-state index in [0.29, 0.717) is 9.15 Å². The molecule has 3 rings (SSSR count). The van der Waals surface area contributed by atoms with E-state index >= 15 is 0 Å². The first-order chi connectivity index (χ1) is 4.70. The Morgan fingerprint density at radius 3 is 1.90 bits per heavy atom. The van der Waals surface area contributed by atoms with Crippen molar-refractivity contribution in [1.82, 2.24) is 14.1 Å². The van der Waals surface area contributed by atoms with E-state index in [0.717, 1.165) is 0 Å². The van der Waals surface area contributed by atoms with Gasteiger partial charge < -0.3 is 0 Å². The molecule has 7 nitrogen and oxygen atoms in total. The van der Waals surface area contributed by atoms with Crippen LogP contribution in [-0.2, 0) is 0 Å². The molecule has 3 heterocycles. The Morgan fingerprint density at radius 1 is 1.10 bits per heavy atom. The summed E-state index contributed by atoms with van der Waals surface area (Å²) in [6.45, 7) is 0. The average molecular weight is 143 g/mol. The van der Waals surface area contributed by atoms with Crippen LogP contribution in [-0.4, -0.2) is 14.1 Å². The van der Waals surface area contributed by atoms with Crippen LogP contribution in [0.5, 0.6) is 0 Å². The number of aromatic nitrogens is 3. The largest absolute Gasteiger partial charge is 0.408 e. The van der Waals surface area contributed by atoms with Gasteiger partial charge in [-0.05, 0) is 9.15 Å². The Morgan fingerprint density at radius 2 is 1.60 bits per heavy atom. The van der Waals surface area contributed by atoms with Gasteiger partial charge in [-0.1, -0.05) is 0 Å². The van der Waals surface area contributed by atoms with Gasteiger partial charge in [-0.3, -0.25) is 9.61 Å². The summed E-state index contributed by atoms with van der Waals surface area (Å²) in [5.74, 6) is 0. The minimum Gasteiger partial charge on any atom is -0.263 e. The number of hydrogen-bond acceptors (Lipinski definition) is 4. The third-order valence-electron chi connectivity index (χ3n) is 1.09. The van der Waals surface area contributed by atoms with Crippen molar-refractivity contribution in [3.63, 3.8) is 0 Å². The Labute approximate surface area is 51.4 Å². The SMILES string of the molecule is O=c1[nH]c(=O)n2on1c2=O. The van der Waals surface area contributed by atoms with Crippen LogP contribution < -0.4 is 17.1 Å². The van der Waals surface area contributed by atoms with Crippen LogP contribution in [0, 0.1) is 0 Å². The van der Waals surface area contributed by atoms with Gasteiger partial charge in [0.1, 0.15) is 0 Å². The molecule has 0 amide bonds. The predicted molar refractivity (Wildman–Crippen MR) is 27.5 cm³/mol. The second-order valence-electron chi connectivity index (χ2n) is 1.69. The van der Waals surface area contributed by atoms with Crippen LogP contribution in [0.1, 0.15) is 0 Å². The second-order valence-corrected chi connectivity index (χ2v) is 1.69. The van der Waals surface area contributed by atoms with Gasteiger partial charge in [-0.2, -0.15) is 0 Å². The van der Waals surface area contributed by atoms with Gasteiger partial charge in [-0.25, -0.2) is 14.4 Å². The van der Waals surface area contributed by atoms with Crippen molar-refractivity contribution < 1.29 is 4.63 Å². The minimum atomic E-state index is -0.850. The van der Waals surface area contributed by atoms with E-state index in [9.17, 15) is 14.4 Å². The summed E-state index contributed by atoms with van der Waals surface area (Å²) in [7, 11) is 0. The standard InChI is InChI=1S/C3HN3O4/c7-1-4-2(8)6-3(9)5(1)10-6/h(H,4,7,8). The monoisotopic (exact) mass is 143 g/mol. The van der Waals surface area contributed by atoms with Crippen LogP contribution in [0.25, 0.3) is 0 Å². The zero-order valence-electron chi connectivity index (χ0n) is 4.53. The summed E-state index contributed by atoms with van der Waals surface area (Å²) < 4.78 is 5.16. The van der Waals surface area contributed by atoms with Crippen LogP contribution in [0.15, 0.2) is 19.0 Å². The molecule has 3 aromatic heterocycles. The lowest BCUT2D eigenvalue weighted by atomic mass is 11.0. The zero-order valence-corrected chi connectivity index (χ0v) is 4.53. The van der Waals surface area contributed by atoms with Gasteiger partial charge >= 0.3 is 17.1 Å². The highest BCUT2D eigenvalue weighted by Crippen LogP contribution is 1.66. The fourth-order valence-corrected chi connectivity index (χ4v) is 0.642. The molecule has 0 aliphatic rings. The van der Waals surface area contributed by atoms with Gasteiger partial charge in [0.05, 0.1) is 0 Å². The van der Waals surface area contributed by atoms with Gasteiger partial charge in [0, 0.05) is 0 Å². The van der Waals surface area contributed by atoms with Crippen LogP contribution in [0.3, 0.4) is 0 Å². The van der Waals surface area contributed by atoms with E-state index < -0.39 is 17.1 Å². The van der Waals surface area contributed by atoms with Crippen LogP contribution in [0.4, 0.5) is 0 Å². The molecule has 0 spiro atoms. The summed E-state index contributed by atoms with van der Waals surface area (Å²) in [4.78, 5) is 33.3. The summed E-state index contributed by atoms with van der Waals surface area (Å²) in [6.07, 6.45) is 0. The molecule has 2 bridgehead atoms. The molecule has 10 heavy (non-hydrogen) atoms.